The largest absolute Gasteiger partial charge is 0.490 e. The number of nitrogens with zero attached hydrogens (tertiary/aromatic N) is 1. The van der Waals surface area contributed by atoms with Crippen LogP contribution < -0.4 is 15.2 Å². The molecule has 27 heavy (non-hydrogen) atoms. The zero-order valence-electron chi connectivity index (χ0n) is 15.7. The summed E-state index contributed by atoms with van der Waals surface area (Å²) in [5, 5.41) is 0. The van der Waals surface area contributed by atoms with Crippen LogP contribution in [0.2, 0.25) is 0 Å². The molecule has 1 aromatic rings. The van der Waals surface area contributed by atoms with E-state index in [0.29, 0.717) is 43.7 Å². The summed E-state index contributed by atoms with van der Waals surface area (Å²) in [6.07, 6.45) is 2.68. The Morgan fingerprint density at radius 1 is 1.22 bits per heavy atom. The lowest BCUT2D eigenvalue weighted by molar-refractivity contribution is -0.135. The Morgan fingerprint density at radius 3 is 2.70 bits per heavy atom. The molecule has 0 aromatic heterocycles. The van der Waals surface area contributed by atoms with Crippen LogP contribution in [-0.2, 0) is 14.6 Å². The van der Waals surface area contributed by atoms with Crippen LogP contribution in [0.4, 0.5) is 0 Å². The van der Waals surface area contributed by atoms with Crippen LogP contribution in [0, 0.1) is 5.92 Å². The van der Waals surface area contributed by atoms with Gasteiger partial charge < -0.3 is 20.1 Å². The monoisotopic (exact) mass is 396 g/mol. The molecule has 2 atom stereocenters. The molecule has 0 saturated carbocycles. The average Bonchev–Trinajstić information content (AvgIpc) is 2.90. The molecule has 1 amide bonds. The van der Waals surface area contributed by atoms with Gasteiger partial charge >= 0.3 is 0 Å². The van der Waals surface area contributed by atoms with E-state index in [1.165, 1.54) is 12.1 Å². The highest BCUT2D eigenvalue weighted by Crippen LogP contribution is 2.32. The lowest BCUT2D eigenvalue weighted by Gasteiger charge is -2.39. The van der Waals surface area contributed by atoms with Crippen molar-refractivity contribution in [3.63, 3.8) is 0 Å². The number of nitrogens with two attached hydrogens (primary N) is 1. The standard InChI is InChI=1S/C19H28N2O5S/c1-14-4-2-8-21(16(14)13-20)19(22)7-11-27(23,24)15-5-6-17-18(12-15)26-10-3-9-25-17/h5-6,12,14,16H,2-4,7-11,13,20H2,1H3/t14-,16-/m1/s1. The molecule has 3 rings (SSSR count). The van der Waals surface area contributed by atoms with Gasteiger partial charge in [-0.3, -0.25) is 4.79 Å². The van der Waals surface area contributed by atoms with E-state index >= 15 is 0 Å². The van der Waals surface area contributed by atoms with Gasteiger partial charge in [-0.2, -0.15) is 0 Å². The first-order valence-corrected chi connectivity index (χ1v) is 11.2. The fourth-order valence-electron chi connectivity index (χ4n) is 3.74. The number of rotatable bonds is 5. The summed E-state index contributed by atoms with van der Waals surface area (Å²) in [4.78, 5) is 14.5. The number of piperidine rings is 1. The fourth-order valence-corrected chi connectivity index (χ4v) is 4.98. The molecule has 0 aliphatic carbocycles. The summed E-state index contributed by atoms with van der Waals surface area (Å²) in [6.45, 7) is 4.18. The van der Waals surface area contributed by atoms with Gasteiger partial charge in [-0.15, -0.1) is 0 Å². The second kappa shape index (κ2) is 8.48. The van der Waals surface area contributed by atoms with Gasteiger partial charge in [0.1, 0.15) is 0 Å². The molecule has 0 radical (unpaired) electrons. The summed E-state index contributed by atoms with van der Waals surface area (Å²) in [7, 11) is -3.59. The van der Waals surface area contributed by atoms with Crippen LogP contribution in [-0.4, -0.2) is 57.3 Å². The van der Waals surface area contributed by atoms with E-state index in [9.17, 15) is 13.2 Å². The fraction of sp³-hybridized carbons (Fsp3) is 0.632. The van der Waals surface area contributed by atoms with E-state index in [-0.39, 0.29) is 29.0 Å². The minimum absolute atomic E-state index is 0.00741. The SMILES string of the molecule is C[C@@H]1CCCN(C(=O)CCS(=O)(=O)c2ccc3c(c2)OCCCO3)[C@@H]1CN. The molecule has 2 N–H and O–H groups in total. The van der Waals surface area contributed by atoms with E-state index in [1.54, 1.807) is 11.0 Å². The third-order valence-corrected chi connectivity index (χ3v) is 7.05. The summed E-state index contributed by atoms with van der Waals surface area (Å²) < 4.78 is 36.5. The highest BCUT2D eigenvalue weighted by atomic mass is 32.2. The zero-order chi connectivity index (χ0) is 19.4. The molecule has 2 heterocycles. The Labute approximate surface area is 160 Å². The van der Waals surface area contributed by atoms with Crippen LogP contribution in [0.3, 0.4) is 0 Å². The van der Waals surface area contributed by atoms with Crippen molar-refractivity contribution in [2.24, 2.45) is 11.7 Å². The van der Waals surface area contributed by atoms with Crippen molar-refractivity contribution in [2.75, 3.05) is 32.1 Å². The van der Waals surface area contributed by atoms with Gasteiger partial charge in [-0.05, 0) is 30.9 Å². The van der Waals surface area contributed by atoms with Crippen LogP contribution in [0.5, 0.6) is 11.5 Å². The van der Waals surface area contributed by atoms with Crippen LogP contribution >= 0.6 is 0 Å². The maximum Gasteiger partial charge on any atom is 0.223 e. The van der Waals surface area contributed by atoms with Crippen molar-refractivity contribution in [1.82, 2.24) is 4.90 Å². The highest BCUT2D eigenvalue weighted by Gasteiger charge is 2.31. The number of sulfone groups is 1. The summed E-state index contributed by atoms with van der Waals surface area (Å²) in [5.74, 6) is 0.956. The molecule has 8 heteroatoms. The third-order valence-electron chi connectivity index (χ3n) is 5.34. The van der Waals surface area contributed by atoms with E-state index in [0.717, 1.165) is 19.3 Å². The lowest BCUT2D eigenvalue weighted by Crippen LogP contribution is -2.51. The molecule has 2 aliphatic heterocycles. The number of ether oxygens (including phenoxy) is 2. The second-order valence-electron chi connectivity index (χ2n) is 7.24. The minimum atomic E-state index is -3.59. The second-order valence-corrected chi connectivity index (χ2v) is 9.35. The number of hydrogen-bond donors (Lipinski definition) is 1. The molecule has 0 spiro atoms. The van der Waals surface area contributed by atoms with E-state index in [1.807, 2.05) is 0 Å². The van der Waals surface area contributed by atoms with Gasteiger partial charge in [0.15, 0.2) is 21.3 Å². The highest BCUT2D eigenvalue weighted by molar-refractivity contribution is 7.91. The van der Waals surface area contributed by atoms with Crippen molar-refractivity contribution in [3.05, 3.63) is 18.2 Å². The van der Waals surface area contributed by atoms with Crippen molar-refractivity contribution in [3.8, 4) is 11.5 Å². The van der Waals surface area contributed by atoms with Gasteiger partial charge in [-0.25, -0.2) is 8.42 Å². The first kappa shape index (κ1) is 19.9. The molecule has 1 aromatic carbocycles. The van der Waals surface area contributed by atoms with Gasteiger partial charge in [0, 0.05) is 38.0 Å². The van der Waals surface area contributed by atoms with Crippen LogP contribution in [0.15, 0.2) is 23.1 Å². The topological polar surface area (TPSA) is 98.9 Å². The van der Waals surface area contributed by atoms with Crippen LogP contribution in [0.25, 0.3) is 0 Å². The van der Waals surface area contributed by atoms with Gasteiger partial charge in [0.2, 0.25) is 5.91 Å². The third kappa shape index (κ3) is 4.55. The van der Waals surface area contributed by atoms with Crippen molar-refractivity contribution < 1.29 is 22.7 Å². The predicted octanol–water partition coefficient (Wildman–Crippen LogP) is 1.60. The van der Waals surface area contributed by atoms with Crippen LogP contribution in [0.1, 0.15) is 32.6 Å². The normalized spacial score (nSPS) is 23.0. The average molecular weight is 397 g/mol. The molecule has 1 saturated heterocycles. The number of carbonyl (C=O) groups is 1. The number of hydrogen-bond acceptors (Lipinski definition) is 6. The van der Waals surface area contributed by atoms with E-state index in [2.05, 4.69) is 6.92 Å². The Bertz CT molecular complexity index is 780. The summed E-state index contributed by atoms with van der Waals surface area (Å²) >= 11 is 0. The number of carbonyl (C=O) groups excluding carboxylic acids is 1. The summed E-state index contributed by atoms with van der Waals surface area (Å²) in [5.41, 5.74) is 5.83. The lowest BCUT2D eigenvalue weighted by atomic mass is 9.90. The number of amides is 1. The van der Waals surface area contributed by atoms with Gasteiger partial charge in [0.25, 0.3) is 0 Å². The Morgan fingerprint density at radius 2 is 1.96 bits per heavy atom. The Balaban J connectivity index is 1.68. The predicted molar refractivity (Wildman–Crippen MR) is 102 cm³/mol. The van der Waals surface area contributed by atoms with E-state index < -0.39 is 9.84 Å². The first-order valence-electron chi connectivity index (χ1n) is 9.54. The van der Waals surface area contributed by atoms with Crippen molar-refractivity contribution in [1.29, 1.82) is 0 Å². The molecular weight excluding hydrogens is 368 g/mol. The maximum absolute atomic E-state index is 12.7. The number of fused-ring (bicyclic) bond motifs is 1. The first-order chi connectivity index (χ1) is 12.9. The van der Waals surface area contributed by atoms with Gasteiger partial charge in [-0.1, -0.05) is 6.92 Å². The molecule has 1 fully saturated rings. The smallest absolute Gasteiger partial charge is 0.223 e. The van der Waals surface area contributed by atoms with Crippen molar-refractivity contribution >= 4 is 15.7 Å². The summed E-state index contributed by atoms with van der Waals surface area (Å²) in [6, 6.07) is 4.61. The maximum atomic E-state index is 12.7. The Kier molecular flexibility index (Phi) is 6.26. The molecule has 0 bridgehead atoms. The molecule has 0 unspecified atom stereocenters. The molecule has 150 valence electrons. The quantitative estimate of drug-likeness (QED) is 0.812. The number of benzene rings is 1. The molecule has 7 nitrogen and oxygen atoms in total. The zero-order valence-corrected chi connectivity index (χ0v) is 16.5. The minimum Gasteiger partial charge on any atom is -0.490 e. The van der Waals surface area contributed by atoms with Crippen molar-refractivity contribution in [2.45, 2.75) is 43.5 Å². The molecule has 2 aliphatic rings. The van der Waals surface area contributed by atoms with Gasteiger partial charge in [0.05, 0.1) is 23.9 Å². The van der Waals surface area contributed by atoms with E-state index in [4.69, 9.17) is 15.2 Å². The Hall–Kier alpha value is -1.80. The molecular formula is C19H28N2O5S. The number of likely N-dealkylation sites (tertiary alicyclic amines) is 1.